The Morgan fingerprint density at radius 3 is 2.60 bits per heavy atom. The minimum Gasteiger partial charge on any atom is -0.378 e. The number of alkyl halides is 3. The molecule has 3 aromatic rings. The summed E-state index contributed by atoms with van der Waals surface area (Å²) in [5.41, 5.74) is -0.0580. The van der Waals surface area contributed by atoms with E-state index in [1.165, 1.54) is 24.3 Å². The van der Waals surface area contributed by atoms with Gasteiger partial charge in [-0.15, -0.1) is 0 Å². The standard InChI is InChI=1S/C23H25F3N6O3/c1-14-13-19(32(30-14)18-6-4-3-5-17(18)23(24,25)26)28-20(33)8-7-16-15(2)27-22(29-21(16)34)31-9-11-35-12-10-31/h3-6,13H,7-12H2,1-2H3,(H,28,33)(H,27,29,34). The predicted molar refractivity (Wildman–Crippen MR) is 123 cm³/mol. The van der Waals surface area contributed by atoms with E-state index in [1.807, 2.05) is 4.90 Å². The zero-order valence-electron chi connectivity index (χ0n) is 19.3. The number of morpholine rings is 1. The highest BCUT2D eigenvalue weighted by atomic mass is 19.4. The zero-order valence-corrected chi connectivity index (χ0v) is 19.3. The van der Waals surface area contributed by atoms with Crippen LogP contribution in [0.4, 0.5) is 24.9 Å². The fourth-order valence-corrected chi connectivity index (χ4v) is 3.93. The van der Waals surface area contributed by atoms with Gasteiger partial charge < -0.3 is 15.0 Å². The van der Waals surface area contributed by atoms with Gasteiger partial charge in [0.1, 0.15) is 5.82 Å². The maximum absolute atomic E-state index is 13.5. The number of carbonyl (C=O) groups is 1. The van der Waals surface area contributed by atoms with Crippen LogP contribution in [0.25, 0.3) is 5.69 Å². The molecule has 0 aliphatic carbocycles. The summed E-state index contributed by atoms with van der Waals surface area (Å²) >= 11 is 0. The van der Waals surface area contributed by atoms with E-state index in [4.69, 9.17) is 4.74 Å². The molecule has 1 aliphatic rings. The Kier molecular flexibility index (Phi) is 6.92. The monoisotopic (exact) mass is 490 g/mol. The van der Waals surface area contributed by atoms with Crippen LogP contribution in [-0.2, 0) is 22.1 Å². The fourth-order valence-electron chi connectivity index (χ4n) is 3.93. The molecule has 2 aromatic heterocycles. The van der Waals surface area contributed by atoms with Gasteiger partial charge in [0.05, 0.1) is 30.2 Å². The summed E-state index contributed by atoms with van der Waals surface area (Å²) < 4.78 is 46.8. The van der Waals surface area contributed by atoms with Crippen molar-refractivity contribution in [3.05, 3.63) is 63.2 Å². The van der Waals surface area contributed by atoms with Crippen LogP contribution in [0.1, 0.15) is 28.9 Å². The summed E-state index contributed by atoms with van der Waals surface area (Å²) in [6, 6.07) is 6.49. The molecular formula is C23H25F3N6O3. The lowest BCUT2D eigenvalue weighted by molar-refractivity contribution is -0.137. The largest absolute Gasteiger partial charge is 0.418 e. The maximum atomic E-state index is 13.5. The lowest BCUT2D eigenvalue weighted by atomic mass is 10.1. The van der Waals surface area contributed by atoms with Crippen molar-refractivity contribution in [1.29, 1.82) is 0 Å². The molecule has 0 unspecified atom stereocenters. The van der Waals surface area contributed by atoms with E-state index in [-0.39, 0.29) is 29.9 Å². The number of aromatic nitrogens is 4. The van der Waals surface area contributed by atoms with Gasteiger partial charge in [0.2, 0.25) is 11.9 Å². The number of nitrogens with zero attached hydrogens (tertiary/aromatic N) is 4. The van der Waals surface area contributed by atoms with E-state index >= 15 is 0 Å². The van der Waals surface area contributed by atoms with E-state index in [0.29, 0.717) is 49.2 Å². The van der Waals surface area contributed by atoms with E-state index in [9.17, 15) is 22.8 Å². The third-order valence-corrected chi connectivity index (χ3v) is 5.66. The van der Waals surface area contributed by atoms with Gasteiger partial charge >= 0.3 is 6.18 Å². The van der Waals surface area contributed by atoms with Gasteiger partial charge in [-0.05, 0) is 32.4 Å². The Bertz CT molecular complexity index is 1280. The van der Waals surface area contributed by atoms with Crippen LogP contribution in [0.5, 0.6) is 0 Å². The van der Waals surface area contributed by atoms with Crippen molar-refractivity contribution in [2.24, 2.45) is 0 Å². The van der Waals surface area contributed by atoms with Crippen LogP contribution in [0.15, 0.2) is 35.1 Å². The molecule has 1 saturated heterocycles. The van der Waals surface area contributed by atoms with Crippen LogP contribution in [0, 0.1) is 13.8 Å². The van der Waals surface area contributed by atoms with Gasteiger partial charge in [0, 0.05) is 36.8 Å². The van der Waals surface area contributed by atoms with E-state index < -0.39 is 17.6 Å². The van der Waals surface area contributed by atoms with Crippen molar-refractivity contribution in [3.63, 3.8) is 0 Å². The lowest BCUT2D eigenvalue weighted by Gasteiger charge is -2.27. The molecule has 1 amide bonds. The molecule has 35 heavy (non-hydrogen) atoms. The second kappa shape index (κ2) is 9.90. The van der Waals surface area contributed by atoms with Gasteiger partial charge in [0.15, 0.2) is 0 Å². The average molecular weight is 490 g/mol. The summed E-state index contributed by atoms with van der Waals surface area (Å²) in [5, 5.41) is 6.75. The van der Waals surface area contributed by atoms with Crippen molar-refractivity contribution >= 4 is 17.7 Å². The van der Waals surface area contributed by atoms with E-state index in [0.717, 1.165) is 10.7 Å². The smallest absolute Gasteiger partial charge is 0.378 e. The van der Waals surface area contributed by atoms with Gasteiger partial charge in [-0.1, -0.05) is 12.1 Å². The molecule has 1 fully saturated rings. The van der Waals surface area contributed by atoms with Gasteiger partial charge in [-0.3, -0.25) is 14.6 Å². The Hall–Kier alpha value is -3.67. The highest BCUT2D eigenvalue weighted by Crippen LogP contribution is 2.34. The molecule has 3 heterocycles. The summed E-state index contributed by atoms with van der Waals surface area (Å²) in [7, 11) is 0. The molecule has 0 bridgehead atoms. The molecule has 1 aliphatic heterocycles. The van der Waals surface area contributed by atoms with Crippen LogP contribution < -0.4 is 15.8 Å². The molecule has 9 nitrogen and oxygen atoms in total. The fraction of sp³-hybridized carbons (Fsp3) is 0.391. The van der Waals surface area contributed by atoms with Gasteiger partial charge in [-0.25, -0.2) is 9.67 Å². The van der Waals surface area contributed by atoms with Crippen LogP contribution >= 0.6 is 0 Å². The molecule has 2 N–H and O–H groups in total. The second-order valence-electron chi connectivity index (χ2n) is 8.20. The maximum Gasteiger partial charge on any atom is 0.418 e. The number of hydrogen-bond acceptors (Lipinski definition) is 6. The number of rotatable bonds is 6. The number of carbonyl (C=O) groups excluding carboxylic acids is 1. The number of anilines is 2. The van der Waals surface area contributed by atoms with Crippen LogP contribution in [0.2, 0.25) is 0 Å². The molecule has 4 rings (SSSR count). The third kappa shape index (κ3) is 5.53. The molecule has 12 heteroatoms. The number of H-pyrrole nitrogens is 1. The number of nitrogens with one attached hydrogen (secondary N) is 2. The summed E-state index contributed by atoms with van der Waals surface area (Å²) in [4.78, 5) is 34.5. The molecule has 0 radical (unpaired) electrons. The van der Waals surface area contributed by atoms with Crippen molar-refractivity contribution < 1.29 is 22.7 Å². The van der Waals surface area contributed by atoms with Crippen LogP contribution in [-0.4, -0.2) is 52.0 Å². The van der Waals surface area contributed by atoms with Gasteiger partial charge in [-0.2, -0.15) is 18.3 Å². The lowest BCUT2D eigenvalue weighted by Crippen LogP contribution is -2.38. The number of aryl methyl sites for hydroxylation is 2. The SMILES string of the molecule is Cc1cc(NC(=O)CCc2c(C)nc(N3CCOCC3)[nH]c2=O)n(-c2ccccc2C(F)(F)F)n1. The summed E-state index contributed by atoms with van der Waals surface area (Å²) in [5.74, 6) is 0.106. The van der Waals surface area contributed by atoms with Crippen LogP contribution in [0.3, 0.4) is 0 Å². The van der Waals surface area contributed by atoms with Crippen molar-refractivity contribution in [2.75, 3.05) is 36.5 Å². The quantitative estimate of drug-likeness (QED) is 0.551. The zero-order chi connectivity index (χ0) is 25.2. The molecule has 186 valence electrons. The molecule has 0 spiro atoms. The van der Waals surface area contributed by atoms with Gasteiger partial charge in [0.25, 0.3) is 5.56 Å². The number of para-hydroxylation sites is 1. The van der Waals surface area contributed by atoms with Crippen molar-refractivity contribution in [3.8, 4) is 5.69 Å². The summed E-state index contributed by atoms with van der Waals surface area (Å²) in [6.45, 7) is 5.66. The summed E-state index contributed by atoms with van der Waals surface area (Å²) in [6.07, 6.45) is -4.53. The number of halogens is 3. The van der Waals surface area contributed by atoms with E-state index in [1.54, 1.807) is 13.8 Å². The van der Waals surface area contributed by atoms with Crippen molar-refractivity contribution in [1.82, 2.24) is 19.7 Å². The second-order valence-corrected chi connectivity index (χ2v) is 8.20. The first-order valence-corrected chi connectivity index (χ1v) is 11.1. The number of hydrogen-bond donors (Lipinski definition) is 2. The predicted octanol–water partition coefficient (Wildman–Crippen LogP) is 3.00. The van der Waals surface area contributed by atoms with E-state index in [2.05, 4.69) is 20.4 Å². The third-order valence-electron chi connectivity index (χ3n) is 5.66. The number of ether oxygens (including phenoxy) is 1. The first-order valence-electron chi connectivity index (χ1n) is 11.1. The first-order chi connectivity index (χ1) is 16.6. The molecule has 0 saturated carbocycles. The number of aromatic amines is 1. The Morgan fingerprint density at radius 1 is 1.20 bits per heavy atom. The first kappa shape index (κ1) is 24.5. The van der Waals surface area contributed by atoms with Crippen molar-refractivity contribution in [2.45, 2.75) is 32.9 Å². The Labute approximate surface area is 198 Å². The number of amides is 1. The Morgan fingerprint density at radius 2 is 1.91 bits per heavy atom. The molecule has 0 atom stereocenters. The average Bonchev–Trinajstić information content (AvgIpc) is 3.18. The minimum absolute atomic E-state index is 0.0619. The normalized spacial score (nSPS) is 14.3. The molecule has 1 aromatic carbocycles. The minimum atomic E-state index is -4.59. The number of benzene rings is 1. The highest BCUT2D eigenvalue weighted by molar-refractivity contribution is 5.90. The topological polar surface area (TPSA) is 105 Å². The molecular weight excluding hydrogens is 465 g/mol. The highest BCUT2D eigenvalue weighted by Gasteiger charge is 2.34. The Balaban J connectivity index is 1.49.